The van der Waals surface area contributed by atoms with Gasteiger partial charge in [0.1, 0.15) is 5.76 Å². The number of rotatable bonds is 6. The lowest BCUT2D eigenvalue weighted by Gasteiger charge is -2.14. The first-order valence-corrected chi connectivity index (χ1v) is 6.88. The first-order valence-electron chi connectivity index (χ1n) is 6.00. The summed E-state index contributed by atoms with van der Waals surface area (Å²) < 4.78 is 5.69. The van der Waals surface area contributed by atoms with E-state index in [1.807, 2.05) is 31.5 Å². The molecule has 0 unspecified atom stereocenters. The summed E-state index contributed by atoms with van der Waals surface area (Å²) in [6.07, 6.45) is 0.783. The van der Waals surface area contributed by atoms with Gasteiger partial charge in [-0.05, 0) is 31.8 Å². The van der Waals surface area contributed by atoms with E-state index in [1.165, 1.54) is 0 Å². The molecule has 5 heteroatoms. The third-order valence-electron chi connectivity index (χ3n) is 2.74. The second kappa shape index (κ2) is 6.13. The number of aliphatic hydroxyl groups excluding tert-OH is 1. The van der Waals surface area contributed by atoms with Gasteiger partial charge in [0.05, 0.1) is 10.6 Å². The second-order valence-corrected chi connectivity index (χ2v) is 5.26. The highest BCUT2D eigenvalue weighted by Crippen LogP contribution is 2.26. The average molecular weight is 266 g/mol. The van der Waals surface area contributed by atoms with Crippen LogP contribution in [0.15, 0.2) is 21.9 Å². The maximum absolute atomic E-state index is 8.81. The molecule has 98 valence electrons. The van der Waals surface area contributed by atoms with E-state index in [-0.39, 0.29) is 6.61 Å². The quantitative estimate of drug-likeness (QED) is 0.873. The first kappa shape index (κ1) is 13.3. The predicted octanol–water partition coefficient (Wildman–Crippen LogP) is 2.53. The van der Waals surface area contributed by atoms with Crippen molar-refractivity contribution in [2.24, 2.45) is 0 Å². The van der Waals surface area contributed by atoms with Crippen molar-refractivity contribution < 1.29 is 9.52 Å². The third-order valence-corrected chi connectivity index (χ3v) is 3.60. The van der Waals surface area contributed by atoms with Crippen LogP contribution in [-0.4, -0.2) is 35.2 Å². The maximum Gasteiger partial charge on any atom is 0.236 e. The van der Waals surface area contributed by atoms with Gasteiger partial charge < -0.3 is 14.4 Å². The molecule has 0 amide bonds. The smallest absolute Gasteiger partial charge is 0.236 e. The molecule has 0 atom stereocenters. The number of thiophene rings is 1. The highest BCUT2D eigenvalue weighted by Gasteiger charge is 2.13. The van der Waals surface area contributed by atoms with Gasteiger partial charge >= 0.3 is 0 Å². The highest BCUT2D eigenvalue weighted by atomic mass is 32.1. The predicted molar refractivity (Wildman–Crippen MR) is 72.6 cm³/mol. The Balaban J connectivity index is 2.05. The van der Waals surface area contributed by atoms with Crippen molar-refractivity contribution in [3.63, 3.8) is 0 Å². The Morgan fingerprint density at radius 2 is 2.33 bits per heavy atom. The van der Waals surface area contributed by atoms with Crippen LogP contribution >= 0.6 is 11.3 Å². The molecule has 2 aromatic rings. The Kier molecular flexibility index (Phi) is 4.52. The van der Waals surface area contributed by atoms with Crippen molar-refractivity contribution in [2.45, 2.75) is 19.9 Å². The standard InChI is InChI=1S/C13H18N2O2S/c1-10-11(9-15(2)6-4-7-16)14-13(17-10)12-5-3-8-18-12/h3,5,8,16H,4,6-7,9H2,1-2H3. The Bertz CT molecular complexity index is 479. The van der Waals surface area contributed by atoms with Gasteiger partial charge in [-0.2, -0.15) is 0 Å². The third kappa shape index (κ3) is 3.19. The number of nitrogens with zero attached hydrogens (tertiary/aromatic N) is 2. The lowest BCUT2D eigenvalue weighted by molar-refractivity contribution is 0.242. The molecule has 0 bridgehead atoms. The maximum atomic E-state index is 8.81. The van der Waals surface area contributed by atoms with Crippen LogP contribution in [0.5, 0.6) is 0 Å². The summed E-state index contributed by atoms with van der Waals surface area (Å²) in [4.78, 5) is 7.74. The van der Waals surface area contributed by atoms with E-state index < -0.39 is 0 Å². The molecule has 0 spiro atoms. The minimum absolute atomic E-state index is 0.225. The number of hydrogen-bond acceptors (Lipinski definition) is 5. The molecule has 18 heavy (non-hydrogen) atoms. The molecular weight excluding hydrogens is 248 g/mol. The summed E-state index contributed by atoms with van der Waals surface area (Å²) in [5.74, 6) is 1.57. The SMILES string of the molecule is Cc1oc(-c2cccs2)nc1CN(C)CCCO. The second-order valence-electron chi connectivity index (χ2n) is 4.31. The molecule has 1 N–H and O–H groups in total. The number of aliphatic hydroxyl groups is 1. The molecule has 2 aromatic heterocycles. The lowest BCUT2D eigenvalue weighted by atomic mass is 10.3. The molecular formula is C13H18N2O2S. The van der Waals surface area contributed by atoms with Crippen LogP contribution in [-0.2, 0) is 6.54 Å². The molecule has 2 heterocycles. The van der Waals surface area contributed by atoms with Crippen LogP contribution in [0.4, 0.5) is 0 Å². The summed E-state index contributed by atoms with van der Waals surface area (Å²) >= 11 is 1.63. The van der Waals surface area contributed by atoms with Gasteiger partial charge in [0.15, 0.2) is 0 Å². The number of hydrogen-bond donors (Lipinski definition) is 1. The van der Waals surface area contributed by atoms with Crippen LogP contribution in [0.3, 0.4) is 0 Å². The normalized spacial score (nSPS) is 11.3. The van der Waals surface area contributed by atoms with E-state index in [9.17, 15) is 0 Å². The van der Waals surface area contributed by atoms with E-state index >= 15 is 0 Å². The van der Waals surface area contributed by atoms with Gasteiger partial charge in [-0.25, -0.2) is 4.98 Å². The van der Waals surface area contributed by atoms with Gasteiger partial charge in [0, 0.05) is 19.7 Å². The summed E-state index contributed by atoms with van der Waals surface area (Å²) in [5.41, 5.74) is 0.971. The van der Waals surface area contributed by atoms with E-state index in [0.29, 0.717) is 5.89 Å². The fourth-order valence-corrected chi connectivity index (χ4v) is 2.40. The highest BCUT2D eigenvalue weighted by molar-refractivity contribution is 7.13. The van der Waals surface area contributed by atoms with Crippen LogP contribution in [0.1, 0.15) is 17.9 Å². The van der Waals surface area contributed by atoms with Crippen LogP contribution < -0.4 is 0 Å². The molecule has 4 nitrogen and oxygen atoms in total. The minimum atomic E-state index is 0.225. The number of aromatic nitrogens is 1. The molecule has 0 saturated carbocycles. The molecule has 0 saturated heterocycles. The van der Waals surface area contributed by atoms with Gasteiger partial charge in [0.25, 0.3) is 0 Å². The van der Waals surface area contributed by atoms with Crippen LogP contribution in [0.25, 0.3) is 10.8 Å². The zero-order chi connectivity index (χ0) is 13.0. The zero-order valence-electron chi connectivity index (χ0n) is 10.7. The lowest BCUT2D eigenvalue weighted by Crippen LogP contribution is -2.20. The van der Waals surface area contributed by atoms with Crippen molar-refractivity contribution >= 4 is 11.3 Å². The van der Waals surface area contributed by atoms with Crippen molar-refractivity contribution in [3.8, 4) is 10.8 Å². The fraction of sp³-hybridized carbons (Fsp3) is 0.462. The van der Waals surface area contributed by atoms with Gasteiger partial charge in [-0.1, -0.05) is 6.07 Å². The van der Waals surface area contributed by atoms with Crippen molar-refractivity contribution in [2.75, 3.05) is 20.2 Å². The van der Waals surface area contributed by atoms with E-state index in [2.05, 4.69) is 9.88 Å². The fourth-order valence-electron chi connectivity index (χ4n) is 1.76. The number of aryl methyl sites for hydroxylation is 1. The Labute approximate surface area is 111 Å². The largest absolute Gasteiger partial charge is 0.440 e. The van der Waals surface area contributed by atoms with Crippen molar-refractivity contribution in [1.29, 1.82) is 0 Å². The molecule has 0 aliphatic heterocycles. The Hall–Kier alpha value is -1.17. The van der Waals surface area contributed by atoms with E-state index in [4.69, 9.17) is 9.52 Å². The van der Waals surface area contributed by atoms with Crippen molar-refractivity contribution in [1.82, 2.24) is 9.88 Å². The number of oxazole rings is 1. The summed E-state index contributed by atoms with van der Waals surface area (Å²) in [6.45, 7) is 3.78. The van der Waals surface area contributed by atoms with E-state index in [0.717, 1.165) is 35.8 Å². The van der Waals surface area contributed by atoms with Gasteiger partial charge in [0.2, 0.25) is 5.89 Å². The topological polar surface area (TPSA) is 49.5 Å². The molecule has 0 aromatic carbocycles. The van der Waals surface area contributed by atoms with Gasteiger partial charge in [-0.15, -0.1) is 11.3 Å². The summed E-state index contributed by atoms with van der Waals surface area (Å²) in [7, 11) is 2.02. The summed E-state index contributed by atoms with van der Waals surface area (Å²) in [5, 5.41) is 10.8. The molecule has 2 rings (SSSR count). The minimum Gasteiger partial charge on any atom is -0.440 e. The van der Waals surface area contributed by atoms with Crippen LogP contribution in [0.2, 0.25) is 0 Å². The molecule has 0 aliphatic carbocycles. The first-order chi connectivity index (χ1) is 8.70. The van der Waals surface area contributed by atoms with Gasteiger partial charge in [-0.3, -0.25) is 0 Å². The molecule has 0 fully saturated rings. The van der Waals surface area contributed by atoms with E-state index in [1.54, 1.807) is 11.3 Å². The Morgan fingerprint density at radius 1 is 1.50 bits per heavy atom. The Morgan fingerprint density at radius 3 is 3.00 bits per heavy atom. The molecule has 0 radical (unpaired) electrons. The molecule has 0 aliphatic rings. The summed E-state index contributed by atoms with van der Waals surface area (Å²) in [6, 6.07) is 4.00. The average Bonchev–Trinajstić information content (AvgIpc) is 2.97. The monoisotopic (exact) mass is 266 g/mol. The van der Waals surface area contributed by atoms with Crippen LogP contribution in [0, 0.1) is 6.92 Å². The zero-order valence-corrected chi connectivity index (χ0v) is 11.5. The van der Waals surface area contributed by atoms with Crippen molar-refractivity contribution in [3.05, 3.63) is 29.0 Å².